The third-order valence-electron chi connectivity index (χ3n) is 4.96. The molecule has 0 aliphatic carbocycles. The molecular formula is C22H35NO3. The molecule has 1 fully saturated rings. The van der Waals surface area contributed by atoms with Crippen molar-refractivity contribution in [2.75, 3.05) is 20.3 Å². The van der Waals surface area contributed by atoms with Crippen molar-refractivity contribution in [3.8, 4) is 5.75 Å². The zero-order chi connectivity index (χ0) is 19.1. The zero-order valence-electron chi connectivity index (χ0n) is 17.0. The number of carbonyl (C=O) groups is 1. The lowest BCUT2D eigenvalue weighted by Gasteiger charge is -2.27. The molecule has 0 unspecified atom stereocenters. The van der Waals surface area contributed by atoms with Crippen LogP contribution in [0.15, 0.2) is 24.3 Å². The van der Waals surface area contributed by atoms with Crippen molar-refractivity contribution in [1.29, 1.82) is 0 Å². The van der Waals surface area contributed by atoms with Gasteiger partial charge in [0.2, 0.25) is 5.91 Å². The van der Waals surface area contributed by atoms with Gasteiger partial charge in [-0.3, -0.25) is 4.79 Å². The maximum atomic E-state index is 12.8. The first kappa shape index (κ1) is 20.8. The van der Waals surface area contributed by atoms with Crippen LogP contribution < -0.4 is 4.74 Å². The van der Waals surface area contributed by atoms with Crippen LogP contribution in [-0.2, 0) is 9.53 Å². The molecule has 0 radical (unpaired) electrons. The van der Waals surface area contributed by atoms with Crippen LogP contribution >= 0.6 is 0 Å². The minimum absolute atomic E-state index is 0.104. The second-order valence-electron chi connectivity index (χ2n) is 8.21. The summed E-state index contributed by atoms with van der Waals surface area (Å²) in [6, 6.07) is 8.19. The molecule has 1 saturated heterocycles. The van der Waals surface area contributed by atoms with Crippen molar-refractivity contribution in [2.45, 2.75) is 65.5 Å². The fourth-order valence-electron chi connectivity index (χ4n) is 3.82. The summed E-state index contributed by atoms with van der Waals surface area (Å²) in [5, 5.41) is 0. The van der Waals surface area contributed by atoms with Crippen LogP contribution in [0.1, 0.15) is 65.0 Å². The number of likely N-dealkylation sites (tertiary alicyclic amines) is 1. The van der Waals surface area contributed by atoms with Crippen LogP contribution in [0.4, 0.5) is 0 Å². The highest BCUT2D eigenvalue weighted by Gasteiger charge is 2.30. The summed E-state index contributed by atoms with van der Waals surface area (Å²) in [6.07, 6.45) is 4.21. The zero-order valence-corrected chi connectivity index (χ0v) is 17.0. The first-order valence-electron chi connectivity index (χ1n) is 9.95. The molecule has 1 aromatic rings. The predicted molar refractivity (Wildman–Crippen MR) is 105 cm³/mol. The minimum Gasteiger partial charge on any atom is -0.497 e. The molecule has 2 rings (SSSR count). The highest BCUT2D eigenvalue weighted by Crippen LogP contribution is 2.33. The predicted octanol–water partition coefficient (Wildman–Crippen LogP) is 4.84. The van der Waals surface area contributed by atoms with E-state index in [1.165, 1.54) is 0 Å². The topological polar surface area (TPSA) is 38.8 Å². The Hall–Kier alpha value is -1.55. The number of methoxy groups -OCH3 is 1. The number of rotatable bonds is 9. The molecule has 1 aromatic carbocycles. The largest absolute Gasteiger partial charge is 0.497 e. The van der Waals surface area contributed by atoms with Gasteiger partial charge in [-0.2, -0.15) is 0 Å². The summed E-state index contributed by atoms with van der Waals surface area (Å²) < 4.78 is 11.4. The molecule has 0 N–H and O–H groups in total. The smallest absolute Gasteiger partial charge is 0.249 e. The number of hydrogen-bond donors (Lipinski definition) is 0. The SMILES string of the molecule is COc1cccc([C@@H]2CCCN2C(=O)COC(CC(C)C)CC(C)C)c1. The molecule has 4 nitrogen and oxygen atoms in total. The van der Waals surface area contributed by atoms with Crippen LogP contribution in [0, 0.1) is 11.8 Å². The molecule has 0 bridgehead atoms. The van der Waals surface area contributed by atoms with E-state index in [0.29, 0.717) is 11.8 Å². The number of nitrogens with zero attached hydrogens (tertiary/aromatic N) is 1. The van der Waals surface area contributed by atoms with E-state index < -0.39 is 0 Å². The van der Waals surface area contributed by atoms with Gasteiger partial charge in [-0.25, -0.2) is 0 Å². The lowest BCUT2D eigenvalue weighted by atomic mass is 9.98. The molecule has 26 heavy (non-hydrogen) atoms. The highest BCUT2D eigenvalue weighted by molar-refractivity contribution is 5.78. The Morgan fingerprint density at radius 3 is 2.50 bits per heavy atom. The van der Waals surface area contributed by atoms with Gasteiger partial charge in [0.15, 0.2) is 0 Å². The molecule has 0 spiro atoms. The normalized spacial score (nSPS) is 17.5. The standard InChI is InChI=1S/C22H35NO3/c1-16(2)12-20(13-17(3)4)26-15-22(24)23-11-7-10-21(23)18-8-6-9-19(14-18)25-5/h6,8-9,14,16-17,20-21H,7,10-13,15H2,1-5H3/t21-/m0/s1. The number of hydrogen-bond acceptors (Lipinski definition) is 3. The lowest BCUT2D eigenvalue weighted by Crippen LogP contribution is -2.35. The summed E-state index contributed by atoms with van der Waals surface area (Å²) in [5.41, 5.74) is 1.15. The molecule has 4 heteroatoms. The molecule has 1 amide bonds. The monoisotopic (exact) mass is 361 g/mol. The van der Waals surface area contributed by atoms with Crippen LogP contribution in [-0.4, -0.2) is 37.2 Å². The van der Waals surface area contributed by atoms with Crippen molar-refractivity contribution in [3.05, 3.63) is 29.8 Å². The Balaban J connectivity index is 1.98. The Bertz CT molecular complexity index is 560. The third-order valence-corrected chi connectivity index (χ3v) is 4.96. The van der Waals surface area contributed by atoms with Crippen LogP contribution in [0.25, 0.3) is 0 Å². The molecule has 1 aliphatic rings. The second kappa shape index (κ2) is 9.96. The first-order valence-corrected chi connectivity index (χ1v) is 9.95. The second-order valence-corrected chi connectivity index (χ2v) is 8.21. The van der Waals surface area contributed by atoms with Gasteiger partial charge in [0.25, 0.3) is 0 Å². The van der Waals surface area contributed by atoms with Crippen molar-refractivity contribution < 1.29 is 14.3 Å². The van der Waals surface area contributed by atoms with Crippen LogP contribution in [0.3, 0.4) is 0 Å². The summed E-state index contributed by atoms with van der Waals surface area (Å²) in [4.78, 5) is 14.8. The average molecular weight is 362 g/mol. The van der Waals surface area contributed by atoms with Gasteiger partial charge in [-0.15, -0.1) is 0 Å². The number of benzene rings is 1. The van der Waals surface area contributed by atoms with Gasteiger partial charge in [-0.05, 0) is 55.2 Å². The van der Waals surface area contributed by atoms with E-state index in [-0.39, 0.29) is 24.7 Å². The van der Waals surface area contributed by atoms with Gasteiger partial charge in [0, 0.05) is 6.54 Å². The summed E-state index contributed by atoms with van der Waals surface area (Å²) in [5.74, 6) is 2.09. The van der Waals surface area contributed by atoms with Crippen LogP contribution in [0.5, 0.6) is 5.75 Å². The number of carbonyl (C=O) groups excluding carboxylic acids is 1. The molecule has 0 saturated carbocycles. The van der Waals surface area contributed by atoms with E-state index in [1.807, 2.05) is 23.1 Å². The van der Waals surface area contributed by atoms with E-state index >= 15 is 0 Å². The molecular weight excluding hydrogens is 326 g/mol. The van der Waals surface area contributed by atoms with E-state index in [0.717, 1.165) is 43.5 Å². The van der Waals surface area contributed by atoms with Gasteiger partial charge >= 0.3 is 0 Å². The highest BCUT2D eigenvalue weighted by atomic mass is 16.5. The van der Waals surface area contributed by atoms with Crippen molar-refractivity contribution in [3.63, 3.8) is 0 Å². The van der Waals surface area contributed by atoms with Crippen molar-refractivity contribution in [1.82, 2.24) is 4.90 Å². The molecule has 0 aromatic heterocycles. The number of ether oxygens (including phenoxy) is 2. The third kappa shape index (κ3) is 6.01. The summed E-state index contributed by atoms with van der Waals surface area (Å²) in [7, 11) is 1.67. The Morgan fingerprint density at radius 1 is 1.19 bits per heavy atom. The van der Waals surface area contributed by atoms with Crippen molar-refractivity contribution >= 4 is 5.91 Å². The average Bonchev–Trinajstić information content (AvgIpc) is 3.08. The fourth-order valence-corrected chi connectivity index (χ4v) is 3.82. The first-order chi connectivity index (χ1) is 12.4. The lowest BCUT2D eigenvalue weighted by molar-refractivity contribution is -0.139. The van der Waals surface area contributed by atoms with E-state index in [4.69, 9.17) is 9.47 Å². The maximum Gasteiger partial charge on any atom is 0.249 e. The Morgan fingerprint density at radius 2 is 1.88 bits per heavy atom. The summed E-state index contributed by atoms with van der Waals surface area (Å²) >= 11 is 0. The number of amides is 1. The quantitative estimate of drug-likeness (QED) is 0.632. The molecule has 1 aliphatic heterocycles. The van der Waals surface area contributed by atoms with E-state index in [2.05, 4.69) is 33.8 Å². The van der Waals surface area contributed by atoms with Crippen molar-refractivity contribution in [2.24, 2.45) is 11.8 Å². The van der Waals surface area contributed by atoms with E-state index in [9.17, 15) is 4.79 Å². The fraction of sp³-hybridized carbons (Fsp3) is 0.682. The van der Waals surface area contributed by atoms with Gasteiger partial charge in [-0.1, -0.05) is 39.8 Å². The summed E-state index contributed by atoms with van der Waals surface area (Å²) in [6.45, 7) is 9.82. The van der Waals surface area contributed by atoms with E-state index in [1.54, 1.807) is 7.11 Å². The van der Waals surface area contributed by atoms with Gasteiger partial charge in [0.1, 0.15) is 12.4 Å². The van der Waals surface area contributed by atoms with Gasteiger partial charge in [0.05, 0.1) is 19.3 Å². The Kier molecular flexibility index (Phi) is 7.95. The molecule has 146 valence electrons. The molecule has 1 atom stereocenters. The van der Waals surface area contributed by atoms with Crippen LogP contribution in [0.2, 0.25) is 0 Å². The molecule has 1 heterocycles. The maximum absolute atomic E-state index is 12.8. The Labute approximate surface area is 158 Å². The minimum atomic E-state index is 0.104. The van der Waals surface area contributed by atoms with Gasteiger partial charge < -0.3 is 14.4 Å².